The molecule has 5 nitrogen and oxygen atoms in total. The number of pyridine rings is 1. The van der Waals surface area contributed by atoms with E-state index < -0.39 is 0 Å². The number of anilines is 1. The number of rotatable bonds is 2. The summed E-state index contributed by atoms with van der Waals surface area (Å²) < 4.78 is 5.89. The summed E-state index contributed by atoms with van der Waals surface area (Å²) >= 11 is 0. The van der Waals surface area contributed by atoms with Crippen molar-refractivity contribution < 1.29 is 9.21 Å². The summed E-state index contributed by atoms with van der Waals surface area (Å²) in [5.41, 5.74) is 3.35. The summed E-state index contributed by atoms with van der Waals surface area (Å²) in [6.45, 7) is 1.92. The highest BCUT2D eigenvalue weighted by Crippen LogP contribution is 2.31. The molecule has 2 N–H and O–H groups in total. The highest BCUT2D eigenvalue weighted by molar-refractivity contribution is 6.03. The third kappa shape index (κ3) is 2.36. The predicted molar refractivity (Wildman–Crippen MR) is 86.9 cm³/mol. The van der Waals surface area contributed by atoms with Crippen LogP contribution in [0.2, 0.25) is 0 Å². The van der Waals surface area contributed by atoms with Gasteiger partial charge in [-0.1, -0.05) is 12.1 Å². The van der Waals surface area contributed by atoms with Gasteiger partial charge in [-0.25, -0.2) is 0 Å². The second-order valence-electron chi connectivity index (χ2n) is 5.49. The third-order valence-electron chi connectivity index (χ3n) is 3.93. The summed E-state index contributed by atoms with van der Waals surface area (Å²) in [6.07, 6.45) is 3.08. The number of fused-ring (bicyclic) bond motifs is 1. The fourth-order valence-electron chi connectivity index (χ4n) is 2.80. The van der Waals surface area contributed by atoms with Gasteiger partial charge in [-0.3, -0.25) is 9.78 Å². The predicted octanol–water partition coefficient (Wildman–Crippen LogP) is 3.50. The molecule has 1 atom stereocenters. The number of benzene rings is 1. The van der Waals surface area contributed by atoms with Crippen LogP contribution in [0.5, 0.6) is 0 Å². The van der Waals surface area contributed by atoms with Crippen LogP contribution in [0.4, 0.5) is 5.69 Å². The maximum absolute atomic E-state index is 12.4. The molecule has 0 saturated heterocycles. The molecule has 0 aliphatic carbocycles. The van der Waals surface area contributed by atoms with Crippen LogP contribution in [0.25, 0.3) is 11.3 Å². The number of carbonyl (C=O) groups is 1. The Kier molecular flexibility index (Phi) is 3.12. The van der Waals surface area contributed by atoms with E-state index in [-0.39, 0.29) is 12.1 Å². The molecule has 0 bridgehead atoms. The van der Waals surface area contributed by atoms with Crippen molar-refractivity contribution in [3.05, 3.63) is 71.7 Å². The Balaban J connectivity index is 1.66. The Morgan fingerprint density at radius 1 is 1.09 bits per heavy atom. The topological polar surface area (TPSA) is 67.2 Å². The van der Waals surface area contributed by atoms with Crippen molar-refractivity contribution in [2.75, 3.05) is 5.32 Å². The van der Waals surface area contributed by atoms with Gasteiger partial charge in [0.25, 0.3) is 5.91 Å². The molecular formula is C18H15N3O2. The summed E-state index contributed by atoms with van der Waals surface area (Å²) in [4.78, 5) is 16.5. The van der Waals surface area contributed by atoms with Crippen molar-refractivity contribution in [3.63, 3.8) is 0 Å². The number of amides is 1. The van der Waals surface area contributed by atoms with Gasteiger partial charge in [-0.15, -0.1) is 0 Å². The van der Waals surface area contributed by atoms with E-state index in [9.17, 15) is 4.79 Å². The van der Waals surface area contributed by atoms with E-state index in [0.29, 0.717) is 11.3 Å². The normalized spacial score (nSPS) is 16.4. The SMILES string of the molecule is Cc1cccc2c1C(=O)N[C@H](c1ccc(-c3cccnc3)o1)N2. The van der Waals surface area contributed by atoms with E-state index >= 15 is 0 Å². The molecule has 23 heavy (non-hydrogen) atoms. The first-order valence-electron chi connectivity index (χ1n) is 7.39. The lowest BCUT2D eigenvalue weighted by molar-refractivity contribution is 0.0930. The van der Waals surface area contributed by atoms with Gasteiger partial charge in [0.05, 0.1) is 5.56 Å². The molecule has 0 saturated carbocycles. The third-order valence-corrected chi connectivity index (χ3v) is 3.93. The Labute approximate surface area is 133 Å². The van der Waals surface area contributed by atoms with Gasteiger partial charge in [-0.2, -0.15) is 0 Å². The Morgan fingerprint density at radius 3 is 2.83 bits per heavy atom. The fraction of sp³-hybridized carbons (Fsp3) is 0.111. The van der Waals surface area contributed by atoms with Crippen LogP contribution in [0.15, 0.2) is 59.3 Å². The standard InChI is InChI=1S/C18H15N3O2/c1-11-4-2-6-13-16(11)18(22)21-17(20-13)15-8-7-14(23-15)12-5-3-9-19-10-12/h2-10,17,20H,1H3,(H,21,22)/t17-/m1/s1. The van der Waals surface area contributed by atoms with Crippen LogP contribution < -0.4 is 10.6 Å². The van der Waals surface area contributed by atoms with Crippen molar-refractivity contribution >= 4 is 11.6 Å². The van der Waals surface area contributed by atoms with Gasteiger partial charge in [0.2, 0.25) is 0 Å². The van der Waals surface area contributed by atoms with Crippen LogP contribution >= 0.6 is 0 Å². The highest BCUT2D eigenvalue weighted by Gasteiger charge is 2.27. The molecule has 1 aliphatic rings. The first-order chi connectivity index (χ1) is 11.2. The lowest BCUT2D eigenvalue weighted by Crippen LogP contribution is -2.38. The minimum Gasteiger partial charge on any atom is -0.457 e. The Morgan fingerprint density at radius 2 is 2.00 bits per heavy atom. The van der Waals surface area contributed by atoms with E-state index in [1.165, 1.54) is 0 Å². The summed E-state index contributed by atoms with van der Waals surface area (Å²) in [6, 6.07) is 13.3. The Hall–Kier alpha value is -3.08. The molecule has 1 aliphatic heterocycles. The van der Waals surface area contributed by atoms with Crippen LogP contribution in [0.3, 0.4) is 0 Å². The first-order valence-corrected chi connectivity index (χ1v) is 7.39. The number of aryl methyl sites for hydroxylation is 1. The molecule has 0 radical (unpaired) electrons. The fourth-order valence-corrected chi connectivity index (χ4v) is 2.80. The number of furan rings is 1. The number of hydrogen-bond donors (Lipinski definition) is 2. The zero-order valence-electron chi connectivity index (χ0n) is 12.5. The average molecular weight is 305 g/mol. The molecule has 1 aromatic carbocycles. The Bertz CT molecular complexity index is 871. The van der Waals surface area contributed by atoms with Gasteiger partial charge < -0.3 is 15.1 Å². The minimum atomic E-state index is -0.387. The van der Waals surface area contributed by atoms with Crippen molar-refractivity contribution in [3.8, 4) is 11.3 Å². The number of nitrogens with zero attached hydrogens (tertiary/aromatic N) is 1. The summed E-state index contributed by atoms with van der Waals surface area (Å²) in [7, 11) is 0. The van der Waals surface area contributed by atoms with Gasteiger partial charge in [-0.05, 0) is 42.8 Å². The highest BCUT2D eigenvalue weighted by atomic mass is 16.3. The van der Waals surface area contributed by atoms with Gasteiger partial charge >= 0.3 is 0 Å². The van der Waals surface area contributed by atoms with Crippen molar-refractivity contribution in [1.82, 2.24) is 10.3 Å². The van der Waals surface area contributed by atoms with Gasteiger partial charge in [0.1, 0.15) is 11.5 Å². The minimum absolute atomic E-state index is 0.0961. The van der Waals surface area contributed by atoms with E-state index in [2.05, 4.69) is 15.6 Å². The molecule has 114 valence electrons. The number of carbonyl (C=O) groups excluding carboxylic acids is 1. The van der Waals surface area contributed by atoms with Crippen LogP contribution in [-0.4, -0.2) is 10.9 Å². The largest absolute Gasteiger partial charge is 0.457 e. The molecule has 1 amide bonds. The zero-order valence-corrected chi connectivity index (χ0v) is 12.5. The van der Waals surface area contributed by atoms with E-state index in [1.807, 2.05) is 49.4 Å². The molecule has 5 heteroatoms. The van der Waals surface area contributed by atoms with Crippen molar-refractivity contribution in [2.45, 2.75) is 13.1 Å². The molecular weight excluding hydrogens is 290 g/mol. The molecule has 0 spiro atoms. The first kappa shape index (κ1) is 13.6. The molecule has 4 rings (SSSR count). The van der Waals surface area contributed by atoms with E-state index in [1.54, 1.807) is 12.4 Å². The number of hydrogen-bond acceptors (Lipinski definition) is 4. The zero-order chi connectivity index (χ0) is 15.8. The summed E-state index contributed by atoms with van der Waals surface area (Å²) in [5.74, 6) is 1.28. The van der Waals surface area contributed by atoms with Gasteiger partial charge in [0.15, 0.2) is 6.17 Å². The maximum atomic E-state index is 12.4. The quantitative estimate of drug-likeness (QED) is 0.760. The molecule has 3 heterocycles. The molecule has 3 aromatic rings. The van der Waals surface area contributed by atoms with E-state index in [0.717, 1.165) is 22.6 Å². The monoisotopic (exact) mass is 305 g/mol. The lowest BCUT2D eigenvalue weighted by atomic mass is 10.0. The van der Waals surface area contributed by atoms with Crippen LogP contribution in [0, 0.1) is 6.92 Å². The molecule has 2 aromatic heterocycles. The van der Waals surface area contributed by atoms with E-state index in [4.69, 9.17) is 4.42 Å². The molecule has 0 fully saturated rings. The molecule has 0 unspecified atom stereocenters. The van der Waals surface area contributed by atoms with Crippen molar-refractivity contribution in [2.24, 2.45) is 0 Å². The second kappa shape index (κ2) is 5.28. The van der Waals surface area contributed by atoms with Crippen molar-refractivity contribution in [1.29, 1.82) is 0 Å². The van der Waals surface area contributed by atoms with Crippen LogP contribution in [0.1, 0.15) is 27.8 Å². The summed E-state index contributed by atoms with van der Waals surface area (Å²) in [5, 5.41) is 6.24. The lowest BCUT2D eigenvalue weighted by Gasteiger charge is -2.27. The van der Waals surface area contributed by atoms with Crippen LogP contribution in [-0.2, 0) is 0 Å². The average Bonchev–Trinajstić information content (AvgIpc) is 3.05. The second-order valence-corrected chi connectivity index (χ2v) is 5.49. The van der Waals surface area contributed by atoms with Gasteiger partial charge in [0, 0.05) is 23.6 Å². The maximum Gasteiger partial charge on any atom is 0.255 e. The number of nitrogens with one attached hydrogen (secondary N) is 2. The smallest absolute Gasteiger partial charge is 0.255 e. The number of aromatic nitrogens is 1.